The van der Waals surface area contributed by atoms with Gasteiger partial charge in [-0.25, -0.2) is 0 Å². The quantitative estimate of drug-likeness (QED) is 0.841. The van der Waals surface area contributed by atoms with Crippen LogP contribution in [0.2, 0.25) is 5.02 Å². The lowest BCUT2D eigenvalue weighted by Crippen LogP contribution is -2.17. The maximum Gasteiger partial charge on any atom is 0.0669 e. The van der Waals surface area contributed by atoms with E-state index < -0.39 is 0 Å². The van der Waals surface area contributed by atoms with Gasteiger partial charge < -0.3 is 10.5 Å². The highest BCUT2D eigenvalue weighted by Gasteiger charge is 2.15. The molecule has 0 aliphatic carbocycles. The van der Waals surface area contributed by atoms with Crippen LogP contribution >= 0.6 is 23.4 Å². The molecule has 1 heterocycles. The lowest BCUT2D eigenvalue weighted by molar-refractivity contribution is 0.129. The number of thioether (sulfide) groups is 1. The molecule has 1 aliphatic rings. The van der Waals surface area contributed by atoms with Gasteiger partial charge in [0.05, 0.1) is 6.10 Å². The van der Waals surface area contributed by atoms with E-state index in [1.807, 2.05) is 24.8 Å². The summed E-state index contributed by atoms with van der Waals surface area (Å²) in [6, 6.07) is 6.40. The predicted octanol–water partition coefficient (Wildman–Crippen LogP) is 3.50. The van der Waals surface area contributed by atoms with Crippen molar-refractivity contribution in [3.05, 3.63) is 28.8 Å². The molecule has 0 bridgehead atoms. The maximum absolute atomic E-state index is 6.27. The van der Waals surface area contributed by atoms with Crippen molar-refractivity contribution in [1.29, 1.82) is 0 Å². The van der Waals surface area contributed by atoms with Crippen molar-refractivity contribution in [2.45, 2.75) is 43.2 Å². The fourth-order valence-corrected chi connectivity index (χ4v) is 3.42. The summed E-state index contributed by atoms with van der Waals surface area (Å²) in [4.78, 5) is 1.21. The molecule has 2 nitrogen and oxygen atoms in total. The van der Waals surface area contributed by atoms with Crippen LogP contribution in [0.5, 0.6) is 0 Å². The summed E-state index contributed by atoms with van der Waals surface area (Å²) in [7, 11) is 0. The van der Waals surface area contributed by atoms with Crippen molar-refractivity contribution >= 4 is 23.4 Å². The third-order valence-corrected chi connectivity index (χ3v) is 4.50. The van der Waals surface area contributed by atoms with E-state index in [-0.39, 0.29) is 6.04 Å². The van der Waals surface area contributed by atoms with E-state index in [1.54, 1.807) is 0 Å². The van der Waals surface area contributed by atoms with Crippen LogP contribution < -0.4 is 5.73 Å². The molecule has 0 amide bonds. The summed E-state index contributed by atoms with van der Waals surface area (Å²) >= 11 is 8.09. The average molecular weight is 286 g/mol. The molecule has 1 aliphatic heterocycles. The first-order valence-corrected chi connectivity index (χ1v) is 7.80. The molecule has 1 aromatic carbocycles. The molecule has 0 radical (unpaired) electrons. The normalized spacial score (nSPS) is 21.2. The van der Waals surface area contributed by atoms with Crippen LogP contribution in [-0.4, -0.2) is 24.5 Å². The number of ether oxygens (including phenoxy) is 1. The van der Waals surface area contributed by atoms with Gasteiger partial charge in [-0.2, -0.15) is 0 Å². The van der Waals surface area contributed by atoms with Gasteiger partial charge >= 0.3 is 0 Å². The summed E-state index contributed by atoms with van der Waals surface area (Å²) in [5, 5.41) is 0.824. The average Bonchev–Trinajstić information content (AvgIpc) is 2.82. The zero-order valence-corrected chi connectivity index (χ0v) is 12.3. The zero-order chi connectivity index (χ0) is 13.0. The van der Waals surface area contributed by atoms with Crippen molar-refractivity contribution in [3.63, 3.8) is 0 Å². The van der Waals surface area contributed by atoms with Crippen LogP contribution in [0.15, 0.2) is 23.1 Å². The van der Waals surface area contributed by atoms with Crippen LogP contribution in [0.25, 0.3) is 0 Å². The minimum absolute atomic E-state index is 0.146. The molecule has 4 heteroatoms. The fraction of sp³-hybridized carbons (Fsp3) is 0.571. The Morgan fingerprint density at radius 3 is 3.00 bits per heavy atom. The molecule has 0 aromatic heterocycles. The van der Waals surface area contributed by atoms with E-state index >= 15 is 0 Å². The highest BCUT2D eigenvalue weighted by atomic mass is 35.5. The van der Waals surface area contributed by atoms with E-state index in [1.165, 1.54) is 17.7 Å². The Labute approximate surface area is 118 Å². The number of benzene rings is 1. The largest absolute Gasteiger partial charge is 0.377 e. The third-order valence-electron chi connectivity index (χ3n) is 3.03. The number of halogens is 1. The Morgan fingerprint density at radius 1 is 1.56 bits per heavy atom. The molecular formula is C14H20ClNOS. The molecule has 0 saturated carbocycles. The van der Waals surface area contributed by atoms with Crippen molar-refractivity contribution < 1.29 is 4.74 Å². The van der Waals surface area contributed by atoms with Crippen LogP contribution in [0, 0.1) is 0 Å². The molecule has 2 N–H and O–H groups in total. The monoisotopic (exact) mass is 285 g/mol. The Morgan fingerprint density at radius 2 is 2.39 bits per heavy atom. The smallest absolute Gasteiger partial charge is 0.0669 e. The van der Waals surface area contributed by atoms with Gasteiger partial charge in [0.1, 0.15) is 0 Å². The Kier molecular flexibility index (Phi) is 5.37. The van der Waals surface area contributed by atoms with E-state index in [0.717, 1.165) is 29.4 Å². The topological polar surface area (TPSA) is 35.2 Å². The predicted molar refractivity (Wildman–Crippen MR) is 78.5 cm³/mol. The molecule has 1 fully saturated rings. The molecule has 2 atom stereocenters. The third kappa shape index (κ3) is 4.16. The molecule has 1 saturated heterocycles. The summed E-state index contributed by atoms with van der Waals surface area (Å²) in [5.41, 5.74) is 6.92. The zero-order valence-electron chi connectivity index (χ0n) is 10.7. The summed E-state index contributed by atoms with van der Waals surface area (Å²) in [5.74, 6) is 1.02. The Balaban J connectivity index is 1.91. The molecule has 2 unspecified atom stereocenters. The van der Waals surface area contributed by atoms with E-state index in [4.69, 9.17) is 22.1 Å². The van der Waals surface area contributed by atoms with Crippen LogP contribution in [0.3, 0.4) is 0 Å². The number of rotatable bonds is 5. The van der Waals surface area contributed by atoms with E-state index in [0.29, 0.717) is 6.10 Å². The first kappa shape index (κ1) is 14.2. The maximum atomic E-state index is 6.27. The minimum Gasteiger partial charge on any atom is -0.377 e. The highest BCUT2D eigenvalue weighted by Crippen LogP contribution is 2.28. The SMILES string of the molecule is CC(N)Cc1ccc(SCC2CCCO2)cc1Cl. The highest BCUT2D eigenvalue weighted by molar-refractivity contribution is 7.99. The van der Waals surface area contributed by atoms with Crippen molar-refractivity contribution in [2.75, 3.05) is 12.4 Å². The molecule has 2 rings (SSSR count). The minimum atomic E-state index is 0.146. The molecular weight excluding hydrogens is 266 g/mol. The first-order valence-electron chi connectivity index (χ1n) is 6.43. The van der Waals surface area contributed by atoms with Gasteiger partial charge in [-0.1, -0.05) is 17.7 Å². The second-order valence-corrected chi connectivity index (χ2v) is 6.38. The van der Waals surface area contributed by atoms with Gasteiger partial charge in [-0.15, -0.1) is 11.8 Å². The molecule has 1 aromatic rings. The number of nitrogens with two attached hydrogens (primary N) is 1. The second kappa shape index (κ2) is 6.80. The molecule has 0 spiro atoms. The molecule has 18 heavy (non-hydrogen) atoms. The fourth-order valence-electron chi connectivity index (χ4n) is 2.10. The number of hydrogen-bond acceptors (Lipinski definition) is 3. The first-order chi connectivity index (χ1) is 8.65. The lowest BCUT2D eigenvalue weighted by Gasteiger charge is -2.11. The summed E-state index contributed by atoms with van der Waals surface area (Å²) in [6.07, 6.45) is 3.62. The van der Waals surface area contributed by atoms with Gasteiger partial charge in [0.25, 0.3) is 0 Å². The standard InChI is InChI=1S/C14H20ClNOS/c1-10(16)7-11-4-5-13(8-14(11)15)18-9-12-3-2-6-17-12/h4-5,8,10,12H,2-3,6-7,9,16H2,1H3. The van der Waals surface area contributed by atoms with Gasteiger partial charge in [0, 0.05) is 28.3 Å². The van der Waals surface area contributed by atoms with Crippen molar-refractivity contribution in [3.8, 4) is 0 Å². The molecule has 100 valence electrons. The number of hydrogen-bond donors (Lipinski definition) is 1. The van der Waals surface area contributed by atoms with E-state index in [2.05, 4.69) is 12.1 Å². The Hall–Kier alpha value is -0.220. The summed E-state index contributed by atoms with van der Waals surface area (Å²) in [6.45, 7) is 2.91. The van der Waals surface area contributed by atoms with Crippen LogP contribution in [0.4, 0.5) is 0 Å². The van der Waals surface area contributed by atoms with Gasteiger partial charge in [-0.05, 0) is 43.9 Å². The Bertz CT molecular complexity index is 391. The van der Waals surface area contributed by atoms with Gasteiger partial charge in [0.15, 0.2) is 0 Å². The van der Waals surface area contributed by atoms with Crippen LogP contribution in [-0.2, 0) is 11.2 Å². The van der Waals surface area contributed by atoms with Crippen LogP contribution in [0.1, 0.15) is 25.3 Å². The van der Waals surface area contributed by atoms with Crippen molar-refractivity contribution in [1.82, 2.24) is 0 Å². The lowest BCUT2D eigenvalue weighted by atomic mass is 10.1. The summed E-state index contributed by atoms with van der Waals surface area (Å²) < 4.78 is 5.61. The second-order valence-electron chi connectivity index (χ2n) is 4.88. The van der Waals surface area contributed by atoms with E-state index in [9.17, 15) is 0 Å². The van der Waals surface area contributed by atoms with Crippen molar-refractivity contribution in [2.24, 2.45) is 5.73 Å². The van der Waals surface area contributed by atoms with Gasteiger partial charge in [-0.3, -0.25) is 0 Å². The van der Waals surface area contributed by atoms with Gasteiger partial charge in [0.2, 0.25) is 0 Å².